The Hall–Kier alpha value is -1.42. The molecule has 1 heterocycles. The number of piperidine rings is 1. The number of nitrogens with zero attached hydrogens (tertiary/aromatic N) is 1. The molecule has 1 N–H and O–H groups in total. The number of benzene rings is 1. The second kappa shape index (κ2) is 6.84. The maximum absolute atomic E-state index is 12.9. The summed E-state index contributed by atoms with van der Waals surface area (Å²) in [7, 11) is 0. The lowest BCUT2D eigenvalue weighted by Gasteiger charge is -2.30. The van der Waals surface area contributed by atoms with Crippen LogP contribution in [0.2, 0.25) is 0 Å². The Bertz CT molecular complexity index is 440. The quantitative estimate of drug-likeness (QED) is 0.918. The van der Waals surface area contributed by atoms with Crippen LogP contribution in [0.25, 0.3) is 0 Å². The first-order valence-corrected chi connectivity index (χ1v) is 7.38. The lowest BCUT2D eigenvalue weighted by atomic mass is 10.1. The molecule has 1 aromatic carbocycles. The predicted molar refractivity (Wildman–Crippen MR) is 77.8 cm³/mol. The summed E-state index contributed by atoms with van der Waals surface area (Å²) in [5, 5.41) is 3.30. The van der Waals surface area contributed by atoms with Crippen molar-refractivity contribution in [2.75, 3.05) is 13.1 Å². The second-order valence-corrected chi connectivity index (χ2v) is 5.55. The Morgan fingerprint density at radius 2 is 1.75 bits per heavy atom. The Kier molecular flexibility index (Phi) is 5.12. The third-order valence-electron chi connectivity index (χ3n) is 3.91. The van der Waals surface area contributed by atoms with Crippen LogP contribution >= 0.6 is 0 Å². The van der Waals surface area contributed by atoms with Crippen LogP contribution < -0.4 is 5.32 Å². The third kappa shape index (κ3) is 3.79. The lowest BCUT2D eigenvalue weighted by Crippen LogP contribution is -2.47. The van der Waals surface area contributed by atoms with Gasteiger partial charge in [-0.25, -0.2) is 4.39 Å². The van der Waals surface area contributed by atoms with E-state index < -0.39 is 0 Å². The first-order chi connectivity index (χ1) is 9.58. The van der Waals surface area contributed by atoms with E-state index in [-0.39, 0.29) is 23.8 Å². The highest BCUT2D eigenvalue weighted by atomic mass is 19.1. The number of carbonyl (C=O) groups is 1. The van der Waals surface area contributed by atoms with Crippen molar-refractivity contribution in [3.05, 3.63) is 35.6 Å². The van der Waals surface area contributed by atoms with Gasteiger partial charge < -0.3 is 4.90 Å². The summed E-state index contributed by atoms with van der Waals surface area (Å²) in [5.74, 6) is -0.0722. The maximum Gasteiger partial charge on any atom is 0.239 e. The van der Waals surface area contributed by atoms with Gasteiger partial charge in [-0.15, -0.1) is 0 Å². The summed E-state index contributed by atoms with van der Waals surface area (Å²) < 4.78 is 12.9. The number of rotatable bonds is 4. The highest BCUT2D eigenvalue weighted by Crippen LogP contribution is 2.15. The van der Waals surface area contributed by atoms with E-state index in [1.165, 1.54) is 18.6 Å². The van der Waals surface area contributed by atoms with Crippen molar-refractivity contribution in [3.63, 3.8) is 0 Å². The van der Waals surface area contributed by atoms with E-state index in [0.29, 0.717) is 0 Å². The number of halogens is 1. The summed E-state index contributed by atoms with van der Waals surface area (Å²) >= 11 is 0. The molecule has 0 bridgehead atoms. The zero-order valence-electron chi connectivity index (χ0n) is 12.2. The molecule has 1 fully saturated rings. The number of amides is 1. The molecule has 110 valence electrons. The third-order valence-corrected chi connectivity index (χ3v) is 3.91. The Balaban J connectivity index is 1.91. The molecule has 2 atom stereocenters. The fraction of sp³-hybridized carbons (Fsp3) is 0.562. The van der Waals surface area contributed by atoms with Gasteiger partial charge in [0.05, 0.1) is 6.04 Å². The van der Waals surface area contributed by atoms with Crippen molar-refractivity contribution < 1.29 is 9.18 Å². The van der Waals surface area contributed by atoms with E-state index in [1.807, 2.05) is 18.7 Å². The molecular weight excluding hydrogens is 255 g/mol. The van der Waals surface area contributed by atoms with Crippen molar-refractivity contribution >= 4 is 5.91 Å². The molecule has 2 rings (SSSR count). The van der Waals surface area contributed by atoms with Crippen LogP contribution in [-0.4, -0.2) is 29.9 Å². The topological polar surface area (TPSA) is 32.3 Å². The van der Waals surface area contributed by atoms with Gasteiger partial charge in [-0.3, -0.25) is 10.1 Å². The van der Waals surface area contributed by atoms with Gasteiger partial charge in [0, 0.05) is 19.1 Å². The Morgan fingerprint density at radius 1 is 1.15 bits per heavy atom. The van der Waals surface area contributed by atoms with Crippen molar-refractivity contribution in [2.24, 2.45) is 0 Å². The number of likely N-dealkylation sites (tertiary alicyclic amines) is 1. The number of hydrogen-bond acceptors (Lipinski definition) is 2. The zero-order valence-corrected chi connectivity index (χ0v) is 12.2. The minimum Gasteiger partial charge on any atom is -0.341 e. The van der Waals surface area contributed by atoms with E-state index in [4.69, 9.17) is 0 Å². The van der Waals surface area contributed by atoms with E-state index >= 15 is 0 Å². The molecule has 0 aliphatic carbocycles. The van der Waals surface area contributed by atoms with Crippen LogP contribution in [0.5, 0.6) is 0 Å². The molecule has 4 heteroatoms. The van der Waals surface area contributed by atoms with E-state index in [1.54, 1.807) is 12.1 Å². The van der Waals surface area contributed by atoms with E-state index in [0.717, 1.165) is 31.5 Å². The van der Waals surface area contributed by atoms with Gasteiger partial charge in [-0.05, 0) is 50.8 Å². The minimum atomic E-state index is -0.238. The van der Waals surface area contributed by atoms with Crippen LogP contribution in [0.15, 0.2) is 24.3 Å². The molecule has 3 nitrogen and oxygen atoms in total. The summed E-state index contributed by atoms with van der Waals surface area (Å²) in [4.78, 5) is 14.3. The summed E-state index contributed by atoms with van der Waals surface area (Å²) in [6.45, 7) is 5.63. The molecule has 1 aromatic rings. The first kappa shape index (κ1) is 15.0. The van der Waals surface area contributed by atoms with E-state index in [9.17, 15) is 9.18 Å². The maximum atomic E-state index is 12.9. The fourth-order valence-corrected chi connectivity index (χ4v) is 2.68. The van der Waals surface area contributed by atoms with Gasteiger partial charge in [0.25, 0.3) is 0 Å². The normalized spacial score (nSPS) is 18.6. The molecule has 0 aromatic heterocycles. The molecule has 20 heavy (non-hydrogen) atoms. The highest BCUT2D eigenvalue weighted by molar-refractivity contribution is 5.81. The molecular formula is C16H23FN2O. The van der Waals surface area contributed by atoms with Gasteiger partial charge >= 0.3 is 0 Å². The van der Waals surface area contributed by atoms with Gasteiger partial charge in [-0.1, -0.05) is 12.1 Å². The molecule has 1 aliphatic rings. The van der Waals surface area contributed by atoms with Crippen molar-refractivity contribution in [1.29, 1.82) is 0 Å². The molecule has 1 aliphatic heterocycles. The zero-order chi connectivity index (χ0) is 14.5. The fourth-order valence-electron chi connectivity index (χ4n) is 2.68. The first-order valence-electron chi connectivity index (χ1n) is 7.38. The smallest absolute Gasteiger partial charge is 0.239 e. The molecule has 1 amide bonds. The van der Waals surface area contributed by atoms with Gasteiger partial charge in [0.15, 0.2) is 0 Å². The SMILES string of the molecule is CC(N[C@@H](C)c1ccc(F)cc1)C(=O)N1CCCCC1. The standard InChI is InChI=1S/C16H23FN2O/c1-12(14-6-8-15(17)9-7-14)18-13(2)16(20)19-10-4-3-5-11-19/h6-9,12-13,18H,3-5,10-11H2,1-2H3/t12-,13?/m0/s1. The monoisotopic (exact) mass is 278 g/mol. The lowest BCUT2D eigenvalue weighted by molar-refractivity contribution is -0.134. The predicted octanol–water partition coefficient (Wildman–Crippen LogP) is 2.88. The Morgan fingerprint density at radius 3 is 2.35 bits per heavy atom. The van der Waals surface area contributed by atoms with Gasteiger partial charge in [0.2, 0.25) is 5.91 Å². The number of nitrogens with one attached hydrogen (secondary N) is 1. The van der Waals surface area contributed by atoms with Crippen LogP contribution in [0, 0.1) is 5.82 Å². The molecule has 0 saturated carbocycles. The average Bonchev–Trinajstić information content (AvgIpc) is 2.48. The Labute approximate surface area is 120 Å². The highest BCUT2D eigenvalue weighted by Gasteiger charge is 2.23. The molecule has 1 saturated heterocycles. The minimum absolute atomic E-state index is 0.0272. The van der Waals surface area contributed by atoms with Crippen LogP contribution in [0.3, 0.4) is 0 Å². The van der Waals surface area contributed by atoms with Gasteiger partial charge in [0.1, 0.15) is 5.82 Å². The largest absolute Gasteiger partial charge is 0.341 e. The number of carbonyl (C=O) groups excluding carboxylic acids is 1. The molecule has 0 spiro atoms. The summed E-state index contributed by atoms with van der Waals surface area (Å²) in [5.41, 5.74) is 0.990. The van der Waals surface area contributed by atoms with Crippen molar-refractivity contribution in [1.82, 2.24) is 10.2 Å². The van der Waals surface area contributed by atoms with Crippen LogP contribution in [-0.2, 0) is 4.79 Å². The summed E-state index contributed by atoms with van der Waals surface area (Å²) in [6, 6.07) is 6.22. The van der Waals surface area contributed by atoms with Crippen molar-refractivity contribution in [3.8, 4) is 0 Å². The van der Waals surface area contributed by atoms with Crippen LogP contribution in [0.1, 0.15) is 44.7 Å². The molecule has 0 radical (unpaired) electrons. The summed E-state index contributed by atoms with van der Waals surface area (Å²) in [6.07, 6.45) is 3.43. The van der Waals surface area contributed by atoms with Gasteiger partial charge in [-0.2, -0.15) is 0 Å². The average molecular weight is 278 g/mol. The van der Waals surface area contributed by atoms with Crippen LogP contribution in [0.4, 0.5) is 4.39 Å². The second-order valence-electron chi connectivity index (χ2n) is 5.55. The molecule has 1 unspecified atom stereocenters. The van der Waals surface area contributed by atoms with E-state index in [2.05, 4.69) is 5.32 Å². The van der Waals surface area contributed by atoms with Crippen molar-refractivity contribution in [2.45, 2.75) is 45.2 Å². The number of hydrogen-bond donors (Lipinski definition) is 1.